The highest BCUT2D eigenvalue weighted by Crippen LogP contribution is 2.45. The fourth-order valence-electron chi connectivity index (χ4n) is 1.85. The molecule has 7 nitrogen and oxygen atoms in total. The number of nitrogens with one attached hydrogen (secondary N) is 1. The molecule has 19 heavy (non-hydrogen) atoms. The highest BCUT2D eigenvalue weighted by Gasteiger charge is 2.50. The lowest BCUT2D eigenvalue weighted by Crippen LogP contribution is -2.34. The average molecular weight is 287 g/mol. The molecule has 0 bridgehead atoms. The van der Waals surface area contributed by atoms with Crippen LogP contribution in [0, 0.1) is 12.3 Å². The zero-order valence-electron chi connectivity index (χ0n) is 10.9. The third kappa shape index (κ3) is 2.64. The first-order valence-corrected chi connectivity index (χ1v) is 7.56. The van der Waals surface area contributed by atoms with E-state index in [0.29, 0.717) is 25.2 Å². The van der Waals surface area contributed by atoms with Crippen LogP contribution in [0.2, 0.25) is 0 Å². The number of nitrogens with zero attached hydrogens (tertiary/aromatic N) is 2. The SMILES string of the molecule is CCn1cc(S(=O)(=O)NCC2(C(=O)O)CC2)nc1C. The van der Waals surface area contributed by atoms with Gasteiger partial charge in [0.1, 0.15) is 5.82 Å². The van der Waals surface area contributed by atoms with Crippen molar-refractivity contribution in [2.24, 2.45) is 5.41 Å². The summed E-state index contributed by atoms with van der Waals surface area (Å²) in [6, 6.07) is 0. The van der Waals surface area contributed by atoms with Crippen LogP contribution in [0.5, 0.6) is 0 Å². The van der Waals surface area contributed by atoms with E-state index in [4.69, 9.17) is 5.11 Å². The van der Waals surface area contributed by atoms with Crippen molar-refractivity contribution >= 4 is 16.0 Å². The zero-order chi connectivity index (χ0) is 14.3. The van der Waals surface area contributed by atoms with Crippen molar-refractivity contribution < 1.29 is 18.3 Å². The predicted octanol–water partition coefficient (Wildman–Crippen LogP) is 0.355. The van der Waals surface area contributed by atoms with Gasteiger partial charge in [-0.25, -0.2) is 18.1 Å². The minimum Gasteiger partial charge on any atom is -0.481 e. The summed E-state index contributed by atoms with van der Waals surface area (Å²) in [7, 11) is -3.74. The molecule has 0 radical (unpaired) electrons. The number of aromatic nitrogens is 2. The van der Waals surface area contributed by atoms with E-state index >= 15 is 0 Å². The Morgan fingerprint density at radius 3 is 2.63 bits per heavy atom. The molecule has 106 valence electrons. The molecular formula is C11H17N3O4S. The Bertz CT molecular complexity index is 601. The number of carboxylic acids is 1. The van der Waals surface area contributed by atoms with E-state index in [1.165, 1.54) is 6.20 Å². The highest BCUT2D eigenvalue weighted by atomic mass is 32.2. The standard InChI is InChI=1S/C11H17N3O4S/c1-3-14-6-9(13-8(14)2)19(17,18)12-7-11(4-5-11)10(15)16/h6,12H,3-5,7H2,1-2H3,(H,15,16). The molecular weight excluding hydrogens is 270 g/mol. The quantitative estimate of drug-likeness (QED) is 0.786. The topological polar surface area (TPSA) is 101 Å². The van der Waals surface area contributed by atoms with E-state index in [1.807, 2.05) is 6.92 Å². The van der Waals surface area contributed by atoms with Gasteiger partial charge < -0.3 is 9.67 Å². The van der Waals surface area contributed by atoms with Gasteiger partial charge in [0.15, 0.2) is 5.03 Å². The van der Waals surface area contributed by atoms with Crippen molar-refractivity contribution in [2.75, 3.05) is 6.54 Å². The van der Waals surface area contributed by atoms with Crippen molar-refractivity contribution in [2.45, 2.75) is 38.3 Å². The molecule has 2 rings (SSSR count). The summed E-state index contributed by atoms with van der Waals surface area (Å²) in [5.41, 5.74) is -0.921. The molecule has 0 amide bonds. The predicted molar refractivity (Wildman–Crippen MR) is 67.1 cm³/mol. The average Bonchev–Trinajstić information content (AvgIpc) is 3.04. The fraction of sp³-hybridized carbons (Fsp3) is 0.636. The lowest BCUT2D eigenvalue weighted by atomic mass is 10.1. The summed E-state index contributed by atoms with van der Waals surface area (Å²) < 4.78 is 28.1. The van der Waals surface area contributed by atoms with Crippen LogP contribution in [-0.4, -0.2) is 35.6 Å². The van der Waals surface area contributed by atoms with Crippen LogP contribution in [0.1, 0.15) is 25.6 Å². The molecule has 1 fully saturated rings. The Morgan fingerprint density at radius 1 is 1.58 bits per heavy atom. The molecule has 0 aliphatic heterocycles. The van der Waals surface area contributed by atoms with E-state index < -0.39 is 21.4 Å². The number of imidazole rings is 1. The molecule has 1 aliphatic rings. The lowest BCUT2D eigenvalue weighted by molar-refractivity contribution is -0.143. The number of sulfonamides is 1. The van der Waals surface area contributed by atoms with Gasteiger partial charge in [0.2, 0.25) is 0 Å². The molecule has 2 N–H and O–H groups in total. The summed E-state index contributed by atoms with van der Waals surface area (Å²) >= 11 is 0. The maximum absolute atomic E-state index is 12.0. The number of aryl methyl sites for hydroxylation is 2. The van der Waals surface area contributed by atoms with Crippen LogP contribution < -0.4 is 4.72 Å². The zero-order valence-corrected chi connectivity index (χ0v) is 11.7. The molecule has 0 atom stereocenters. The lowest BCUT2D eigenvalue weighted by Gasteiger charge is -2.10. The number of aliphatic carboxylic acids is 1. The van der Waals surface area contributed by atoms with Crippen LogP contribution in [-0.2, 0) is 21.4 Å². The molecule has 8 heteroatoms. The van der Waals surface area contributed by atoms with Crippen molar-refractivity contribution in [1.82, 2.24) is 14.3 Å². The maximum atomic E-state index is 12.0. The normalized spacial score (nSPS) is 17.4. The van der Waals surface area contributed by atoms with Gasteiger partial charge in [0.25, 0.3) is 10.0 Å². The molecule has 1 aromatic heterocycles. The number of hydrogen-bond acceptors (Lipinski definition) is 4. The first kappa shape index (κ1) is 14.0. The molecule has 1 saturated carbocycles. The van der Waals surface area contributed by atoms with Gasteiger partial charge in [-0.3, -0.25) is 4.79 Å². The van der Waals surface area contributed by atoms with Gasteiger partial charge in [0.05, 0.1) is 5.41 Å². The second-order valence-corrected chi connectivity index (χ2v) is 6.54. The molecule has 0 unspecified atom stereocenters. The van der Waals surface area contributed by atoms with Gasteiger partial charge in [-0.1, -0.05) is 0 Å². The molecule has 1 aromatic rings. The largest absolute Gasteiger partial charge is 0.481 e. The van der Waals surface area contributed by atoms with Gasteiger partial charge in [-0.15, -0.1) is 0 Å². The van der Waals surface area contributed by atoms with Gasteiger partial charge in [-0.2, -0.15) is 0 Å². The first-order valence-electron chi connectivity index (χ1n) is 6.07. The second kappa shape index (κ2) is 4.61. The van der Waals surface area contributed by atoms with Crippen LogP contribution in [0.15, 0.2) is 11.2 Å². The van der Waals surface area contributed by atoms with E-state index in [0.717, 1.165) is 0 Å². The monoisotopic (exact) mass is 287 g/mol. The van der Waals surface area contributed by atoms with Crippen molar-refractivity contribution in [1.29, 1.82) is 0 Å². The van der Waals surface area contributed by atoms with Crippen LogP contribution >= 0.6 is 0 Å². The van der Waals surface area contributed by atoms with Gasteiger partial charge in [0, 0.05) is 19.3 Å². The molecule has 1 aliphatic carbocycles. The van der Waals surface area contributed by atoms with Crippen LogP contribution in [0.4, 0.5) is 0 Å². The Morgan fingerprint density at radius 2 is 2.21 bits per heavy atom. The summed E-state index contributed by atoms with van der Waals surface area (Å²) in [6.45, 7) is 4.17. The molecule has 0 saturated heterocycles. The van der Waals surface area contributed by atoms with Crippen molar-refractivity contribution in [3.8, 4) is 0 Å². The van der Waals surface area contributed by atoms with E-state index in [1.54, 1.807) is 11.5 Å². The summed E-state index contributed by atoms with van der Waals surface area (Å²) in [4.78, 5) is 15.0. The summed E-state index contributed by atoms with van der Waals surface area (Å²) in [6.07, 6.45) is 2.47. The maximum Gasteiger partial charge on any atom is 0.310 e. The van der Waals surface area contributed by atoms with Crippen molar-refractivity contribution in [3.63, 3.8) is 0 Å². The van der Waals surface area contributed by atoms with E-state index in [-0.39, 0.29) is 11.6 Å². The second-order valence-electron chi connectivity index (χ2n) is 4.82. The Kier molecular flexibility index (Phi) is 3.40. The third-order valence-electron chi connectivity index (χ3n) is 3.48. The van der Waals surface area contributed by atoms with E-state index in [2.05, 4.69) is 9.71 Å². The molecule has 0 spiro atoms. The van der Waals surface area contributed by atoms with Crippen LogP contribution in [0.25, 0.3) is 0 Å². The summed E-state index contributed by atoms with van der Waals surface area (Å²) in [5, 5.41) is 8.94. The number of carbonyl (C=O) groups is 1. The Hall–Kier alpha value is -1.41. The molecule has 0 aromatic carbocycles. The Labute approximate surface area is 111 Å². The molecule has 1 heterocycles. The number of hydrogen-bond donors (Lipinski definition) is 2. The summed E-state index contributed by atoms with van der Waals surface area (Å²) in [5.74, 6) is -0.340. The van der Waals surface area contributed by atoms with Gasteiger partial charge in [-0.05, 0) is 26.7 Å². The fourth-order valence-corrected chi connectivity index (χ4v) is 2.99. The number of carboxylic acid groups (broad SMARTS) is 1. The third-order valence-corrected chi connectivity index (χ3v) is 4.75. The Balaban J connectivity index is 2.12. The van der Waals surface area contributed by atoms with Gasteiger partial charge >= 0.3 is 5.97 Å². The first-order chi connectivity index (χ1) is 8.81. The minimum atomic E-state index is -3.74. The highest BCUT2D eigenvalue weighted by molar-refractivity contribution is 7.89. The number of rotatable bonds is 6. The minimum absolute atomic E-state index is 0.0620. The van der Waals surface area contributed by atoms with Crippen LogP contribution in [0.3, 0.4) is 0 Å². The smallest absolute Gasteiger partial charge is 0.310 e. The van der Waals surface area contributed by atoms with E-state index in [9.17, 15) is 13.2 Å². The van der Waals surface area contributed by atoms with Crippen molar-refractivity contribution in [3.05, 3.63) is 12.0 Å².